The molecule has 0 N–H and O–H groups in total. The molecule has 0 saturated carbocycles. The van der Waals surface area contributed by atoms with Crippen LogP contribution in [0.3, 0.4) is 0 Å². The van der Waals surface area contributed by atoms with Crippen molar-refractivity contribution in [3.8, 4) is 0 Å². The fourth-order valence-corrected chi connectivity index (χ4v) is 3.75. The molecule has 0 spiro atoms. The van der Waals surface area contributed by atoms with Crippen molar-refractivity contribution >= 4 is 11.0 Å². The summed E-state index contributed by atoms with van der Waals surface area (Å²) in [5, 5.41) is 8.66. The minimum atomic E-state index is 0.765. The van der Waals surface area contributed by atoms with E-state index in [1.807, 2.05) is 12.1 Å². The quantitative estimate of drug-likeness (QED) is 0.481. The number of rotatable bonds is 13. The summed E-state index contributed by atoms with van der Waals surface area (Å²) in [7, 11) is 0. The Morgan fingerprint density at radius 3 is 2.19 bits per heavy atom. The monoisotopic (exact) mass is 358 g/mol. The zero-order valence-corrected chi connectivity index (χ0v) is 17.3. The third-order valence-corrected chi connectivity index (χ3v) is 5.29. The van der Waals surface area contributed by atoms with Crippen LogP contribution in [0.2, 0.25) is 0 Å². The van der Waals surface area contributed by atoms with Gasteiger partial charge in [-0.05, 0) is 36.8 Å². The van der Waals surface area contributed by atoms with Crippen molar-refractivity contribution in [3.63, 3.8) is 0 Å². The van der Waals surface area contributed by atoms with Gasteiger partial charge in [0.1, 0.15) is 5.52 Å². The molecule has 0 bridgehead atoms. The molecule has 0 fully saturated rings. The summed E-state index contributed by atoms with van der Waals surface area (Å²) in [4.78, 5) is 2.66. The number of nitrogens with zero attached hydrogens (tertiary/aromatic N) is 4. The van der Waals surface area contributed by atoms with E-state index >= 15 is 0 Å². The molecule has 2 atom stereocenters. The Balaban J connectivity index is 1.95. The minimum Gasteiger partial charge on any atom is -0.301 e. The van der Waals surface area contributed by atoms with Gasteiger partial charge >= 0.3 is 0 Å². The Morgan fingerprint density at radius 2 is 1.58 bits per heavy atom. The molecule has 0 aliphatic carbocycles. The number of benzene rings is 1. The van der Waals surface area contributed by atoms with Gasteiger partial charge in [-0.25, -0.2) is 4.68 Å². The van der Waals surface area contributed by atoms with Crippen molar-refractivity contribution in [2.75, 3.05) is 19.6 Å². The number of aromatic nitrogens is 3. The molecule has 4 nitrogen and oxygen atoms in total. The Kier molecular flexibility index (Phi) is 9.10. The lowest BCUT2D eigenvalue weighted by molar-refractivity contribution is 0.189. The van der Waals surface area contributed by atoms with Crippen molar-refractivity contribution in [2.45, 2.75) is 72.8 Å². The molecule has 0 amide bonds. The van der Waals surface area contributed by atoms with Gasteiger partial charge in [0.05, 0.1) is 12.1 Å². The molecule has 2 aromatic rings. The summed E-state index contributed by atoms with van der Waals surface area (Å²) in [5.74, 6) is 1.53. The normalized spacial score (nSPS) is 14.2. The van der Waals surface area contributed by atoms with Crippen LogP contribution in [0, 0.1) is 11.8 Å². The maximum Gasteiger partial charge on any atom is 0.113 e. The van der Waals surface area contributed by atoms with Gasteiger partial charge in [-0.15, -0.1) is 5.10 Å². The van der Waals surface area contributed by atoms with Gasteiger partial charge in [0, 0.05) is 19.6 Å². The zero-order valence-electron chi connectivity index (χ0n) is 17.3. The average molecular weight is 359 g/mol. The van der Waals surface area contributed by atoms with E-state index in [-0.39, 0.29) is 0 Å². The van der Waals surface area contributed by atoms with E-state index in [9.17, 15) is 0 Å². The third kappa shape index (κ3) is 6.71. The lowest BCUT2D eigenvalue weighted by Crippen LogP contribution is -2.35. The van der Waals surface area contributed by atoms with E-state index in [4.69, 9.17) is 0 Å². The van der Waals surface area contributed by atoms with Crippen LogP contribution in [0.25, 0.3) is 11.0 Å². The molecule has 1 aromatic carbocycles. The highest BCUT2D eigenvalue weighted by Gasteiger charge is 2.14. The predicted octanol–water partition coefficient (Wildman–Crippen LogP) is 5.39. The lowest BCUT2D eigenvalue weighted by atomic mass is 10.0. The van der Waals surface area contributed by atoms with Gasteiger partial charge in [-0.3, -0.25) is 0 Å². The molecule has 0 radical (unpaired) electrons. The van der Waals surface area contributed by atoms with Gasteiger partial charge in [0.2, 0.25) is 0 Å². The summed E-state index contributed by atoms with van der Waals surface area (Å²) < 4.78 is 2.07. The summed E-state index contributed by atoms with van der Waals surface area (Å²) in [6, 6.07) is 8.25. The smallest absolute Gasteiger partial charge is 0.113 e. The first-order chi connectivity index (χ1) is 12.6. The fourth-order valence-electron chi connectivity index (χ4n) is 3.75. The van der Waals surface area contributed by atoms with Crippen LogP contribution in [0.5, 0.6) is 0 Å². The lowest BCUT2D eigenvalue weighted by Gasteiger charge is -2.28. The molecule has 2 unspecified atom stereocenters. The Labute approximate surface area is 160 Å². The molecular formula is C22H38N4. The summed E-state index contributed by atoms with van der Waals surface area (Å²) in [6.07, 6.45) is 7.94. The molecule has 0 aliphatic heterocycles. The van der Waals surface area contributed by atoms with Gasteiger partial charge in [-0.2, -0.15) is 0 Å². The molecule has 4 heteroatoms. The molecule has 1 aromatic heterocycles. The van der Waals surface area contributed by atoms with E-state index in [1.54, 1.807) is 0 Å². The van der Waals surface area contributed by atoms with Crippen molar-refractivity contribution in [3.05, 3.63) is 24.3 Å². The van der Waals surface area contributed by atoms with Crippen LogP contribution in [0.4, 0.5) is 0 Å². The summed E-state index contributed by atoms with van der Waals surface area (Å²) in [5.41, 5.74) is 2.14. The molecule has 26 heavy (non-hydrogen) atoms. The summed E-state index contributed by atoms with van der Waals surface area (Å²) in [6.45, 7) is 13.8. The zero-order chi connectivity index (χ0) is 18.8. The van der Waals surface area contributed by atoms with Crippen LogP contribution in [-0.4, -0.2) is 39.5 Å². The highest BCUT2D eigenvalue weighted by atomic mass is 15.4. The Hall–Kier alpha value is -1.42. The number of para-hydroxylation sites is 1. The predicted molar refractivity (Wildman–Crippen MR) is 111 cm³/mol. The maximum absolute atomic E-state index is 4.36. The van der Waals surface area contributed by atoms with E-state index in [2.05, 4.69) is 59.7 Å². The van der Waals surface area contributed by atoms with Crippen LogP contribution in [0.1, 0.15) is 66.2 Å². The van der Waals surface area contributed by atoms with E-state index < -0.39 is 0 Å². The highest BCUT2D eigenvalue weighted by molar-refractivity contribution is 5.73. The molecular weight excluding hydrogens is 320 g/mol. The molecule has 2 rings (SSSR count). The number of unbranched alkanes of at least 4 members (excludes halogenated alkanes) is 2. The maximum atomic E-state index is 4.36. The van der Waals surface area contributed by atoms with Crippen molar-refractivity contribution in [1.82, 2.24) is 19.9 Å². The number of fused-ring (bicyclic) bond motifs is 1. The first kappa shape index (κ1) is 20.9. The van der Waals surface area contributed by atoms with Crippen molar-refractivity contribution in [1.29, 1.82) is 0 Å². The highest BCUT2D eigenvalue weighted by Crippen LogP contribution is 2.15. The fraction of sp³-hybridized carbons (Fsp3) is 0.727. The molecule has 0 aliphatic rings. The molecule has 146 valence electrons. The van der Waals surface area contributed by atoms with E-state index in [1.165, 1.54) is 51.6 Å². The van der Waals surface area contributed by atoms with Crippen molar-refractivity contribution < 1.29 is 0 Å². The number of hydrogen-bond acceptors (Lipinski definition) is 3. The van der Waals surface area contributed by atoms with Crippen LogP contribution < -0.4 is 0 Å². The molecule has 0 saturated heterocycles. The van der Waals surface area contributed by atoms with Crippen molar-refractivity contribution in [2.24, 2.45) is 11.8 Å². The van der Waals surface area contributed by atoms with Crippen LogP contribution >= 0.6 is 0 Å². The van der Waals surface area contributed by atoms with Gasteiger partial charge < -0.3 is 4.90 Å². The summed E-state index contributed by atoms with van der Waals surface area (Å²) >= 11 is 0. The average Bonchev–Trinajstić information content (AvgIpc) is 3.06. The third-order valence-electron chi connectivity index (χ3n) is 5.29. The topological polar surface area (TPSA) is 34.0 Å². The largest absolute Gasteiger partial charge is 0.301 e. The molecule has 1 heterocycles. The van der Waals surface area contributed by atoms with Crippen LogP contribution in [-0.2, 0) is 6.54 Å². The second-order valence-electron chi connectivity index (χ2n) is 8.06. The standard InChI is InChI=1S/C22H38N4/c1-5-7-11-19(3)17-25(18-20(4)12-8-6-2)15-16-26-22-14-10-9-13-21(22)23-24-26/h9-10,13-14,19-20H,5-8,11-12,15-18H2,1-4H3. The van der Waals surface area contributed by atoms with E-state index in [0.29, 0.717) is 0 Å². The van der Waals surface area contributed by atoms with Gasteiger partial charge in [-0.1, -0.05) is 70.7 Å². The SMILES string of the molecule is CCCCC(C)CN(CCn1nnc2ccccc21)CC(C)CCCC. The first-order valence-electron chi connectivity index (χ1n) is 10.6. The Bertz CT molecular complexity index is 605. The number of hydrogen-bond donors (Lipinski definition) is 0. The second-order valence-corrected chi connectivity index (χ2v) is 8.06. The second kappa shape index (κ2) is 11.3. The van der Waals surface area contributed by atoms with Gasteiger partial charge in [0.15, 0.2) is 0 Å². The van der Waals surface area contributed by atoms with E-state index in [0.717, 1.165) is 36.0 Å². The van der Waals surface area contributed by atoms with Crippen LogP contribution in [0.15, 0.2) is 24.3 Å². The first-order valence-corrected chi connectivity index (χ1v) is 10.6. The van der Waals surface area contributed by atoms with Gasteiger partial charge in [0.25, 0.3) is 0 Å². The minimum absolute atomic E-state index is 0.765. The Morgan fingerprint density at radius 1 is 0.962 bits per heavy atom.